The van der Waals surface area contributed by atoms with E-state index in [1.807, 2.05) is 0 Å². The molecule has 0 radical (unpaired) electrons. The SMILES string of the molecule is CCCCn1c(CCCCc2nnc(SCC(=O)NN)n2CCCC)nnc1SCC(=O)NN. The summed E-state index contributed by atoms with van der Waals surface area (Å²) in [5, 5.41) is 18.8. The molecular formula is C20H36N10O2S2. The molecule has 6 N–H and O–H groups in total. The summed E-state index contributed by atoms with van der Waals surface area (Å²) >= 11 is 2.69. The third kappa shape index (κ3) is 8.89. The lowest BCUT2D eigenvalue weighted by atomic mass is 10.1. The first-order chi connectivity index (χ1) is 16.5. The summed E-state index contributed by atoms with van der Waals surface area (Å²) in [6.45, 7) is 5.94. The van der Waals surface area contributed by atoms with Gasteiger partial charge in [0.2, 0.25) is 11.8 Å². The molecular weight excluding hydrogens is 476 g/mol. The first-order valence-electron chi connectivity index (χ1n) is 11.6. The topological polar surface area (TPSA) is 172 Å². The monoisotopic (exact) mass is 512 g/mol. The lowest BCUT2D eigenvalue weighted by molar-refractivity contribution is -0.119. The van der Waals surface area contributed by atoms with Crippen LogP contribution in [-0.4, -0.2) is 52.8 Å². The minimum Gasteiger partial charge on any atom is -0.306 e. The minimum absolute atomic E-state index is 0.210. The molecule has 0 spiro atoms. The maximum Gasteiger partial charge on any atom is 0.244 e. The summed E-state index contributed by atoms with van der Waals surface area (Å²) < 4.78 is 4.22. The number of hydrazine groups is 2. The van der Waals surface area contributed by atoms with Crippen molar-refractivity contribution in [3.63, 3.8) is 0 Å². The Hall–Kier alpha value is -2.16. The van der Waals surface area contributed by atoms with Crippen molar-refractivity contribution in [1.82, 2.24) is 40.4 Å². The Morgan fingerprint density at radius 2 is 1.15 bits per heavy atom. The summed E-state index contributed by atoms with van der Waals surface area (Å²) in [6.07, 6.45) is 7.60. The maximum absolute atomic E-state index is 11.5. The van der Waals surface area contributed by atoms with Gasteiger partial charge < -0.3 is 9.13 Å². The van der Waals surface area contributed by atoms with Gasteiger partial charge in [0.1, 0.15) is 11.6 Å². The van der Waals surface area contributed by atoms with Crippen LogP contribution in [0.4, 0.5) is 0 Å². The van der Waals surface area contributed by atoms with Gasteiger partial charge in [-0.1, -0.05) is 50.2 Å². The van der Waals surface area contributed by atoms with E-state index in [0.717, 1.165) is 86.4 Å². The Labute approximate surface area is 208 Å². The van der Waals surface area contributed by atoms with Crippen LogP contribution >= 0.6 is 23.5 Å². The van der Waals surface area contributed by atoms with E-state index in [1.54, 1.807) is 0 Å². The highest BCUT2D eigenvalue weighted by Crippen LogP contribution is 2.21. The number of nitrogens with one attached hydrogen (secondary N) is 2. The molecule has 0 aliphatic rings. The smallest absolute Gasteiger partial charge is 0.244 e. The first kappa shape index (κ1) is 28.1. The highest BCUT2D eigenvalue weighted by atomic mass is 32.2. The third-order valence-electron chi connectivity index (χ3n) is 5.09. The molecule has 0 bridgehead atoms. The van der Waals surface area contributed by atoms with E-state index in [1.165, 1.54) is 23.5 Å². The van der Waals surface area contributed by atoms with Crippen LogP contribution in [0, 0.1) is 0 Å². The predicted octanol–water partition coefficient (Wildman–Crippen LogP) is 1.20. The number of unbranched alkanes of at least 4 members (excludes halogenated alkanes) is 3. The first-order valence-corrected chi connectivity index (χ1v) is 13.6. The molecule has 2 heterocycles. The Morgan fingerprint density at radius 1 is 0.735 bits per heavy atom. The molecule has 0 aliphatic carbocycles. The Bertz CT molecular complexity index is 830. The lowest BCUT2D eigenvalue weighted by Gasteiger charge is -2.10. The third-order valence-corrected chi connectivity index (χ3v) is 7.03. The average Bonchev–Trinajstić information content (AvgIpc) is 3.43. The molecule has 0 aliphatic heterocycles. The van der Waals surface area contributed by atoms with E-state index in [2.05, 4.69) is 54.2 Å². The Balaban J connectivity index is 1.96. The number of rotatable bonds is 17. The second kappa shape index (κ2) is 15.7. The number of nitrogens with zero attached hydrogens (tertiary/aromatic N) is 6. The molecule has 2 amide bonds. The number of hydrogen-bond donors (Lipinski definition) is 4. The lowest BCUT2D eigenvalue weighted by Crippen LogP contribution is -2.31. The number of aryl methyl sites for hydroxylation is 2. The van der Waals surface area contributed by atoms with Crippen LogP contribution in [0.3, 0.4) is 0 Å². The quantitative estimate of drug-likeness (QED) is 0.0793. The number of hydrogen-bond acceptors (Lipinski definition) is 10. The number of aromatic nitrogens is 6. The second-order valence-corrected chi connectivity index (χ2v) is 9.61. The van der Waals surface area contributed by atoms with E-state index >= 15 is 0 Å². The summed E-state index contributed by atoms with van der Waals surface area (Å²) in [5.41, 5.74) is 4.28. The van der Waals surface area contributed by atoms with E-state index in [-0.39, 0.29) is 23.3 Å². The number of carbonyl (C=O) groups excluding carboxylic acids is 2. The van der Waals surface area contributed by atoms with Crippen molar-refractivity contribution in [2.45, 2.75) is 88.6 Å². The average molecular weight is 513 g/mol. The van der Waals surface area contributed by atoms with Gasteiger partial charge in [-0.15, -0.1) is 20.4 Å². The fourth-order valence-corrected chi connectivity index (χ4v) is 4.80. The highest BCUT2D eigenvalue weighted by molar-refractivity contribution is 8.00. The molecule has 2 aromatic rings. The van der Waals surface area contributed by atoms with Gasteiger partial charge in [0, 0.05) is 25.9 Å². The van der Waals surface area contributed by atoms with Crippen LogP contribution in [0.15, 0.2) is 10.3 Å². The van der Waals surface area contributed by atoms with Crippen LogP contribution in [-0.2, 0) is 35.5 Å². The predicted molar refractivity (Wildman–Crippen MR) is 133 cm³/mol. The molecule has 0 saturated carbocycles. The second-order valence-electron chi connectivity index (χ2n) is 7.73. The molecule has 12 nitrogen and oxygen atoms in total. The largest absolute Gasteiger partial charge is 0.306 e. The van der Waals surface area contributed by atoms with Gasteiger partial charge in [-0.2, -0.15) is 0 Å². The minimum atomic E-state index is -0.245. The molecule has 190 valence electrons. The summed E-state index contributed by atoms with van der Waals surface area (Å²) in [7, 11) is 0. The van der Waals surface area contributed by atoms with Crippen LogP contribution in [0.5, 0.6) is 0 Å². The summed E-state index contributed by atoms with van der Waals surface area (Å²) in [6, 6.07) is 0. The molecule has 0 fully saturated rings. The molecule has 14 heteroatoms. The molecule has 2 rings (SSSR count). The van der Waals surface area contributed by atoms with E-state index in [9.17, 15) is 9.59 Å². The summed E-state index contributed by atoms with van der Waals surface area (Å²) in [4.78, 5) is 23.0. The van der Waals surface area contributed by atoms with E-state index in [4.69, 9.17) is 11.7 Å². The van der Waals surface area contributed by atoms with Gasteiger partial charge in [0.25, 0.3) is 0 Å². The van der Waals surface area contributed by atoms with Crippen LogP contribution in [0.2, 0.25) is 0 Å². The van der Waals surface area contributed by atoms with Gasteiger partial charge in [-0.25, -0.2) is 11.7 Å². The number of thioether (sulfide) groups is 2. The van der Waals surface area contributed by atoms with Crippen LogP contribution < -0.4 is 22.5 Å². The van der Waals surface area contributed by atoms with Crippen molar-refractivity contribution >= 4 is 35.3 Å². The maximum atomic E-state index is 11.5. The van der Waals surface area contributed by atoms with Crippen LogP contribution in [0.25, 0.3) is 0 Å². The summed E-state index contributed by atoms with van der Waals surface area (Å²) in [5.74, 6) is 12.1. The number of carbonyl (C=O) groups is 2. The Kier molecular flexibility index (Phi) is 13.0. The standard InChI is InChI=1S/C20H36N10O2S2/c1-3-5-11-29-15(25-27-19(29)33-13-17(31)23-21)9-7-8-10-16-26-28-20(30(16)12-6-4-2)34-14-18(32)24-22/h3-14,21-22H2,1-2H3,(H,23,31)(H,24,32). The fraction of sp³-hybridized carbons (Fsp3) is 0.700. The number of nitrogens with two attached hydrogens (primary N) is 2. The van der Waals surface area contributed by atoms with Gasteiger partial charge in [-0.3, -0.25) is 20.4 Å². The Morgan fingerprint density at radius 3 is 1.50 bits per heavy atom. The van der Waals surface area contributed by atoms with Crippen molar-refractivity contribution in [2.24, 2.45) is 11.7 Å². The molecule has 0 aromatic carbocycles. The van der Waals surface area contributed by atoms with Crippen LogP contribution in [0.1, 0.15) is 64.0 Å². The van der Waals surface area contributed by atoms with Crippen molar-refractivity contribution in [3.8, 4) is 0 Å². The van der Waals surface area contributed by atoms with Gasteiger partial charge >= 0.3 is 0 Å². The molecule has 2 aromatic heterocycles. The molecule has 0 unspecified atom stereocenters. The van der Waals surface area contributed by atoms with E-state index in [0.29, 0.717) is 0 Å². The normalized spacial score (nSPS) is 11.1. The molecule has 34 heavy (non-hydrogen) atoms. The zero-order chi connectivity index (χ0) is 24.8. The van der Waals surface area contributed by atoms with Gasteiger partial charge in [-0.05, 0) is 25.7 Å². The van der Waals surface area contributed by atoms with Crippen molar-refractivity contribution < 1.29 is 9.59 Å². The van der Waals surface area contributed by atoms with Crippen molar-refractivity contribution in [2.75, 3.05) is 11.5 Å². The van der Waals surface area contributed by atoms with Crippen molar-refractivity contribution in [1.29, 1.82) is 0 Å². The van der Waals surface area contributed by atoms with E-state index < -0.39 is 0 Å². The molecule has 0 saturated heterocycles. The zero-order valence-electron chi connectivity index (χ0n) is 20.0. The zero-order valence-corrected chi connectivity index (χ0v) is 21.6. The van der Waals surface area contributed by atoms with Gasteiger partial charge in [0.05, 0.1) is 11.5 Å². The van der Waals surface area contributed by atoms with Gasteiger partial charge in [0.15, 0.2) is 10.3 Å². The fourth-order valence-electron chi connectivity index (χ4n) is 3.21. The highest BCUT2D eigenvalue weighted by Gasteiger charge is 2.16. The number of amides is 2. The van der Waals surface area contributed by atoms with Crippen molar-refractivity contribution in [3.05, 3.63) is 11.6 Å². The molecule has 0 atom stereocenters.